The van der Waals surface area contributed by atoms with E-state index in [0.29, 0.717) is 30.1 Å². The monoisotopic (exact) mass is 642 g/mol. The Morgan fingerprint density at radius 1 is 1.13 bits per heavy atom. The van der Waals surface area contributed by atoms with Crippen molar-refractivity contribution in [3.63, 3.8) is 0 Å². The lowest BCUT2D eigenvalue weighted by atomic mass is 10.1. The van der Waals surface area contributed by atoms with E-state index in [0.717, 1.165) is 16.7 Å². The highest BCUT2D eigenvalue weighted by atomic mass is 32.2. The summed E-state index contributed by atoms with van der Waals surface area (Å²) in [4.78, 5) is 38.8. The first-order chi connectivity index (χ1) is 21.6. The van der Waals surface area contributed by atoms with Crippen LogP contribution in [0.2, 0.25) is 0 Å². The zero-order valence-corrected chi connectivity index (χ0v) is 25.2. The van der Waals surface area contributed by atoms with Crippen LogP contribution in [0.15, 0.2) is 72.1 Å². The number of halogens is 3. The number of hydrogen-bond acceptors (Lipinski definition) is 9. The fourth-order valence-corrected chi connectivity index (χ4v) is 4.63. The van der Waals surface area contributed by atoms with E-state index in [4.69, 9.17) is 4.74 Å². The maximum Gasteiger partial charge on any atom is 0.573 e. The maximum absolute atomic E-state index is 12.8. The van der Waals surface area contributed by atoms with Gasteiger partial charge < -0.3 is 14.8 Å². The van der Waals surface area contributed by atoms with Crippen molar-refractivity contribution in [3.05, 3.63) is 83.8 Å². The number of nitrogens with zero attached hydrogens (tertiary/aromatic N) is 6. The Kier molecular flexibility index (Phi) is 11.1. The third-order valence-electron chi connectivity index (χ3n) is 5.92. The molecular formula is C29H29F3N8O4S. The summed E-state index contributed by atoms with van der Waals surface area (Å²) in [6, 6.07) is 13.4. The van der Waals surface area contributed by atoms with E-state index in [9.17, 15) is 22.8 Å². The number of nitrogens with one attached hydrogen (secondary N) is 2. The van der Waals surface area contributed by atoms with Crippen LogP contribution in [0.5, 0.6) is 5.75 Å². The minimum absolute atomic E-state index is 0.200. The Balaban J connectivity index is 1.37. The summed E-state index contributed by atoms with van der Waals surface area (Å²) in [6.45, 7) is 4.36. The molecule has 2 heterocycles. The van der Waals surface area contributed by atoms with E-state index >= 15 is 0 Å². The summed E-state index contributed by atoms with van der Waals surface area (Å²) >= 11 is 1.24. The molecule has 3 amide bonds. The summed E-state index contributed by atoms with van der Waals surface area (Å²) in [6.07, 6.45) is -1.20. The van der Waals surface area contributed by atoms with Crippen LogP contribution in [0.4, 0.5) is 35.4 Å². The molecule has 0 atom stereocenters. The summed E-state index contributed by atoms with van der Waals surface area (Å²) in [5.74, 6) is 0.755. The lowest BCUT2D eigenvalue weighted by Crippen LogP contribution is -2.30. The number of benzene rings is 2. The molecule has 236 valence electrons. The molecule has 0 unspecified atom stereocenters. The van der Waals surface area contributed by atoms with Gasteiger partial charge in [-0.1, -0.05) is 36.9 Å². The molecule has 0 aliphatic heterocycles. The quantitative estimate of drug-likeness (QED) is 0.116. The lowest BCUT2D eigenvalue weighted by Gasteiger charge is -2.22. The standard InChI is InChI=1S/C29H29F3N8O4S/c1-4-45-28(39(18-41)24-13-19(2)5-7-21(24)16-43-3)37-27(42)36-25-12-6-20(14-33-25)15-34-26-35-17-40(38-26)22-8-10-23(11-9-22)44-29(30,31)32/h5-14,17-18H,4,15-16H2,1-3H3,(H,34,38)(H,33,36,42)/b37-28-. The normalized spacial score (nSPS) is 11.6. The van der Waals surface area contributed by atoms with Gasteiger partial charge in [0.1, 0.15) is 17.9 Å². The molecule has 16 heteroatoms. The van der Waals surface area contributed by atoms with Gasteiger partial charge in [-0.25, -0.2) is 19.4 Å². The number of ether oxygens (including phenoxy) is 2. The molecule has 4 rings (SSSR count). The number of pyridine rings is 1. The number of alkyl halides is 3. The zero-order valence-electron chi connectivity index (χ0n) is 24.4. The largest absolute Gasteiger partial charge is 0.573 e. The number of methoxy groups -OCH3 is 1. The van der Waals surface area contributed by atoms with Gasteiger partial charge in [-0.15, -0.1) is 18.3 Å². The van der Waals surface area contributed by atoms with E-state index in [1.807, 2.05) is 32.0 Å². The van der Waals surface area contributed by atoms with Gasteiger partial charge in [-0.2, -0.15) is 4.99 Å². The number of carbonyl (C=O) groups excluding carboxylic acids is 2. The number of amides is 3. The van der Waals surface area contributed by atoms with Crippen molar-refractivity contribution in [2.24, 2.45) is 4.99 Å². The molecule has 2 aromatic heterocycles. The highest BCUT2D eigenvalue weighted by Crippen LogP contribution is 2.26. The van der Waals surface area contributed by atoms with E-state index in [1.165, 1.54) is 51.9 Å². The molecule has 4 aromatic rings. The van der Waals surface area contributed by atoms with Gasteiger partial charge in [-0.05, 0) is 60.2 Å². The Hall–Kier alpha value is -4.96. The molecule has 0 saturated heterocycles. The Morgan fingerprint density at radius 3 is 2.56 bits per heavy atom. The van der Waals surface area contributed by atoms with E-state index in [2.05, 4.69) is 35.4 Å². The molecule has 0 saturated carbocycles. The van der Waals surface area contributed by atoms with E-state index in [-0.39, 0.29) is 29.3 Å². The van der Waals surface area contributed by atoms with Gasteiger partial charge in [0.05, 0.1) is 18.0 Å². The number of hydrogen-bond donors (Lipinski definition) is 2. The lowest BCUT2D eigenvalue weighted by molar-refractivity contribution is -0.274. The van der Waals surface area contributed by atoms with Gasteiger partial charge in [0.15, 0.2) is 5.17 Å². The minimum atomic E-state index is -4.77. The smallest absolute Gasteiger partial charge is 0.406 e. The van der Waals surface area contributed by atoms with Gasteiger partial charge in [0.25, 0.3) is 0 Å². The molecule has 2 aromatic carbocycles. The highest BCUT2D eigenvalue weighted by Gasteiger charge is 2.31. The molecule has 0 aliphatic carbocycles. The number of anilines is 3. The van der Waals surface area contributed by atoms with Crippen LogP contribution in [-0.2, 0) is 22.7 Å². The van der Waals surface area contributed by atoms with Crippen LogP contribution in [0.3, 0.4) is 0 Å². The summed E-state index contributed by atoms with van der Waals surface area (Å²) < 4.78 is 47.7. The van der Waals surface area contributed by atoms with Crippen LogP contribution in [-0.4, -0.2) is 56.6 Å². The molecule has 0 bridgehead atoms. The molecular weight excluding hydrogens is 613 g/mol. The van der Waals surface area contributed by atoms with Crippen molar-refractivity contribution < 1.29 is 32.2 Å². The van der Waals surface area contributed by atoms with Crippen LogP contribution in [0.1, 0.15) is 23.6 Å². The second-order valence-electron chi connectivity index (χ2n) is 9.26. The van der Waals surface area contributed by atoms with Crippen LogP contribution >= 0.6 is 11.8 Å². The van der Waals surface area contributed by atoms with Crippen LogP contribution < -0.4 is 20.3 Å². The number of carbonyl (C=O) groups is 2. The molecule has 0 radical (unpaired) electrons. The van der Waals surface area contributed by atoms with Crippen molar-refractivity contribution in [1.29, 1.82) is 0 Å². The maximum atomic E-state index is 12.8. The molecule has 0 fully saturated rings. The van der Waals surface area contributed by atoms with Crippen molar-refractivity contribution in [3.8, 4) is 11.4 Å². The number of urea groups is 1. The highest BCUT2D eigenvalue weighted by molar-refractivity contribution is 8.14. The second-order valence-corrected chi connectivity index (χ2v) is 10.5. The fourth-order valence-electron chi connectivity index (χ4n) is 3.94. The third kappa shape index (κ3) is 9.51. The average Bonchev–Trinajstić information content (AvgIpc) is 3.47. The third-order valence-corrected chi connectivity index (χ3v) is 6.75. The van der Waals surface area contributed by atoms with E-state index in [1.54, 1.807) is 25.4 Å². The van der Waals surface area contributed by atoms with Crippen LogP contribution in [0, 0.1) is 6.92 Å². The fraction of sp³-hybridized carbons (Fsp3) is 0.241. The number of rotatable bonds is 11. The van der Waals surface area contributed by atoms with Crippen molar-refractivity contribution in [2.75, 3.05) is 28.4 Å². The number of aliphatic imine (C=N–C) groups is 1. The van der Waals surface area contributed by atoms with Gasteiger partial charge >= 0.3 is 12.4 Å². The first kappa shape index (κ1) is 32.9. The second kappa shape index (κ2) is 15.2. The first-order valence-electron chi connectivity index (χ1n) is 13.4. The molecule has 0 spiro atoms. The van der Waals surface area contributed by atoms with Gasteiger partial charge in [0, 0.05) is 25.4 Å². The predicted octanol–water partition coefficient (Wildman–Crippen LogP) is 5.93. The molecule has 45 heavy (non-hydrogen) atoms. The Morgan fingerprint density at radius 2 is 1.91 bits per heavy atom. The van der Waals surface area contributed by atoms with E-state index < -0.39 is 12.4 Å². The van der Waals surface area contributed by atoms with Crippen molar-refractivity contribution in [1.82, 2.24) is 19.7 Å². The topological polar surface area (TPSA) is 136 Å². The van der Waals surface area contributed by atoms with Crippen molar-refractivity contribution >= 4 is 46.8 Å². The first-order valence-corrected chi connectivity index (χ1v) is 14.4. The van der Waals surface area contributed by atoms with Crippen LogP contribution in [0.25, 0.3) is 5.69 Å². The summed E-state index contributed by atoms with van der Waals surface area (Å²) in [5, 5.41) is 10.1. The van der Waals surface area contributed by atoms with Gasteiger partial charge in [0.2, 0.25) is 12.4 Å². The molecule has 12 nitrogen and oxygen atoms in total. The number of amidine groups is 1. The number of aryl methyl sites for hydroxylation is 1. The number of aromatic nitrogens is 4. The Bertz CT molecular complexity index is 1630. The number of thioether (sulfide) groups is 1. The van der Waals surface area contributed by atoms with Crippen molar-refractivity contribution in [2.45, 2.75) is 33.4 Å². The summed E-state index contributed by atoms with van der Waals surface area (Å²) in [5.41, 5.74) is 3.50. The molecule has 2 N–H and O–H groups in total. The molecule has 0 aliphatic rings. The SMILES string of the molecule is CCS/C(=N\C(=O)Nc1ccc(CNc2ncn(-c3ccc(OC(F)(F)F)cc3)n2)cn1)N(C=O)c1cc(C)ccc1COC. The predicted molar refractivity (Wildman–Crippen MR) is 165 cm³/mol. The Labute approximate surface area is 260 Å². The summed E-state index contributed by atoms with van der Waals surface area (Å²) in [7, 11) is 1.56. The zero-order chi connectivity index (χ0) is 32.4. The average molecular weight is 643 g/mol. The van der Waals surface area contributed by atoms with Gasteiger partial charge in [-0.3, -0.25) is 15.0 Å². The minimum Gasteiger partial charge on any atom is -0.406 e.